The van der Waals surface area contributed by atoms with E-state index in [0.29, 0.717) is 5.88 Å². The van der Waals surface area contributed by atoms with Crippen molar-refractivity contribution in [1.29, 1.82) is 0 Å². The summed E-state index contributed by atoms with van der Waals surface area (Å²) in [6.07, 6.45) is 6.16. The lowest BCUT2D eigenvalue weighted by atomic mass is 10.1. The number of aromatic nitrogens is 2. The van der Waals surface area contributed by atoms with E-state index >= 15 is 0 Å². The number of methoxy groups -OCH3 is 1. The fourth-order valence-electron chi connectivity index (χ4n) is 1.91. The maximum absolute atomic E-state index is 5.34. The van der Waals surface area contributed by atoms with Crippen LogP contribution in [0, 0.1) is 0 Å². The molecule has 1 aliphatic rings. The number of hydrogen-bond acceptors (Lipinski definition) is 4. The van der Waals surface area contributed by atoms with Gasteiger partial charge in [0.25, 0.3) is 0 Å². The van der Waals surface area contributed by atoms with Crippen molar-refractivity contribution in [2.75, 3.05) is 7.11 Å². The van der Waals surface area contributed by atoms with Crippen LogP contribution in [0.3, 0.4) is 0 Å². The van der Waals surface area contributed by atoms with Gasteiger partial charge in [-0.2, -0.15) is 0 Å². The van der Waals surface area contributed by atoms with Crippen molar-refractivity contribution in [2.45, 2.75) is 12.8 Å². The molecule has 4 heteroatoms. The minimum absolute atomic E-state index is 0.626. The molecule has 2 heterocycles. The molecule has 0 radical (unpaired) electrons. The average molecular weight is 244 g/mol. The maximum Gasteiger partial charge on any atom is 0.241 e. The first kappa shape index (κ1) is 10.5. The van der Waals surface area contributed by atoms with Gasteiger partial charge >= 0.3 is 0 Å². The molecule has 0 spiro atoms. The molecule has 2 aromatic rings. The molecule has 0 aromatic carbocycles. The number of rotatable bonds is 2. The molecule has 2 aromatic heterocycles. The number of allylic oxidation sites excluding steroid dienone is 1. The van der Waals surface area contributed by atoms with Crippen molar-refractivity contribution < 1.29 is 4.74 Å². The lowest BCUT2D eigenvalue weighted by Gasteiger charge is -2.12. The van der Waals surface area contributed by atoms with Gasteiger partial charge in [0, 0.05) is 0 Å². The lowest BCUT2D eigenvalue weighted by Crippen LogP contribution is -2.05. The van der Waals surface area contributed by atoms with Gasteiger partial charge in [0.2, 0.25) is 5.88 Å². The molecule has 0 amide bonds. The van der Waals surface area contributed by atoms with Gasteiger partial charge in [-0.25, -0.2) is 9.97 Å². The first-order chi connectivity index (χ1) is 8.38. The number of fused-ring (bicyclic) bond motifs is 1. The molecule has 0 saturated carbocycles. The Kier molecular flexibility index (Phi) is 2.65. The Labute approximate surface area is 104 Å². The number of nitrogens with zero attached hydrogens (tertiary/aromatic N) is 2. The van der Waals surface area contributed by atoms with Gasteiger partial charge in [-0.1, -0.05) is 12.1 Å². The Morgan fingerprint density at radius 2 is 2.29 bits per heavy atom. The van der Waals surface area contributed by atoms with Crippen LogP contribution in [0.25, 0.3) is 16.6 Å². The van der Waals surface area contributed by atoms with E-state index < -0.39 is 0 Å². The van der Waals surface area contributed by atoms with E-state index in [2.05, 4.69) is 16.0 Å². The highest BCUT2D eigenvalue weighted by Crippen LogP contribution is 2.32. The van der Waals surface area contributed by atoms with Crippen LogP contribution in [0.1, 0.15) is 17.8 Å². The third-order valence-corrected chi connectivity index (χ3v) is 3.62. The molecule has 86 valence electrons. The summed E-state index contributed by atoms with van der Waals surface area (Å²) in [4.78, 5) is 10.3. The van der Waals surface area contributed by atoms with Crippen molar-refractivity contribution in [2.24, 2.45) is 0 Å². The smallest absolute Gasteiger partial charge is 0.241 e. The molecule has 0 fully saturated rings. The topological polar surface area (TPSA) is 35.0 Å². The van der Waals surface area contributed by atoms with E-state index in [-0.39, 0.29) is 0 Å². The summed E-state index contributed by atoms with van der Waals surface area (Å²) in [6.45, 7) is 0. The van der Waals surface area contributed by atoms with Crippen molar-refractivity contribution in [3.05, 3.63) is 35.0 Å². The second-order valence-corrected chi connectivity index (χ2v) is 4.78. The third-order valence-electron chi connectivity index (χ3n) is 2.74. The van der Waals surface area contributed by atoms with Crippen molar-refractivity contribution >= 4 is 17.4 Å². The normalized spacial score (nSPS) is 13.5. The van der Waals surface area contributed by atoms with E-state index in [4.69, 9.17) is 4.74 Å². The van der Waals surface area contributed by atoms with Crippen LogP contribution >= 0.6 is 11.3 Å². The quantitative estimate of drug-likeness (QED) is 0.814. The molecular weight excluding hydrogens is 232 g/mol. The summed E-state index contributed by atoms with van der Waals surface area (Å²) < 4.78 is 5.34. The largest absolute Gasteiger partial charge is 0.479 e. The summed E-state index contributed by atoms with van der Waals surface area (Å²) >= 11 is 1.65. The molecule has 0 N–H and O–H groups in total. The molecule has 0 aliphatic heterocycles. The second kappa shape index (κ2) is 4.30. The van der Waals surface area contributed by atoms with E-state index in [0.717, 1.165) is 34.8 Å². The molecule has 0 bridgehead atoms. The van der Waals surface area contributed by atoms with Crippen LogP contribution in [-0.4, -0.2) is 17.1 Å². The minimum Gasteiger partial charge on any atom is -0.479 e. The molecule has 0 unspecified atom stereocenters. The van der Waals surface area contributed by atoms with E-state index in [9.17, 15) is 0 Å². The van der Waals surface area contributed by atoms with Crippen LogP contribution < -0.4 is 4.74 Å². The highest BCUT2D eigenvalue weighted by molar-refractivity contribution is 7.13. The van der Waals surface area contributed by atoms with E-state index in [1.54, 1.807) is 18.4 Å². The Morgan fingerprint density at radius 3 is 3.06 bits per heavy atom. The predicted octanol–water partition coefficient (Wildman–Crippen LogP) is 3.17. The Bertz CT molecular complexity index is 561. The van der Waals surface area contributed by atoms with Crippen LogP contribution in [0.4, 0.5) is 0 Å². The van der Waals surface area contributed by atoms with Crippen LogP contribution in [0.15, 0.2) is 23.6 Å². The molecule has 3 nitrogen and oxygen atoms in total. The standard InChI is InChI=1S/C13H12N2OS/c1-16-13-12(11-7-4-8-17-11)14-9-5-2-3-6-10(9)15-13/h2,4-5,7-8H,3,6H2,1H3. The Balaban J connectivity index is 2.18. The summed E-state index contributed by atoms with van der Waals surface area (Å²) in [7, 11) is 1.65. The van der Waals surface area contributed by atoms with Gasteiger partial charge in [0.05, 0.1) is 23.4 Å². The summed E-state index contributed by atoms with van der Waals surface area (Å²) in [5.74, 6) is 0.626. The minimum atomic E-state index is 0.626. The van der Waals surface area contributed by atoms with Crippen LogP contribution in [0.5, 0.6) is 5.88 Å². The molecule has 17 heavy (non-hydrogen) atoms. The Morgan fingerprint density at radius 1 is 1.35 bits per heavy atom. The van der Waals surface area contributed by atoms with Crippen LogP contribution in [0.2, 0.25) is 0 Å². The van der Waals surface area contributed by atoms with Crippen LogP contribution in [-0.2, 0) is 6.42 Å². The Hall–Kier alpha value is -1.68. The van der Waals surface area contributed by atoms with Crippen molar-refractivity contribution in [1.82, 2.24) is 9.97 Å². The molecule has 1 aliphatic carbocycles. The second-order valence-electron chi connectivity index (χ2n) is 3.83. The first-order valence-electron chi connectivity index (χ1n) is 5.54. The lowest BCUT2D eigenvalue weighted by molar-refractivity contribution is 0.396. The van der Waals surface area contributed by atoms with Crippen molar-refractivity contribution in [3.8, 4) is 16.5 Å². The summed E-state index contributed by atoms with van der Waals surface area (Å²) in [6, 6.07) is 4.05. The summed E-state index contributed by atoms with van der Waals surface area (Å²) in [5.41, 5.74) is 2.85. The maximum atomic E-state index is 5.34. The monoisotopic (exact) mass is 244 g/mol. The predicted molar refractivity (Wildman–Crippen MR) is 69.3 cm³/mol. The number of aryl methyl sites for hydroxylation is 1. The zero-order valence-corrected chi connectivity index (χ0v) is 10.3. The number of hydrogen-bond donors (Lipinski definition) is 0. The molecule has 0 saturated heterocycles. The fraction of sp³-hybridized carbons (Fsp3) is 0.231. The molecule has 3 rings (SSSR count). The van der Waals surface area contributed by atoms with E-state index in [1.807, 2.05) is 23.6 Å². The zero-order valence-electron chi connectivity index (χ0n) is 9.51. The zero-order chi connectivity index (χ0) is 11.7. The van der Waals surface area contributed by atoms with Crippen molar-refractivity contribution in [3.63, 3.8) is 0 Å². The fourth-order valence-corrected chi connectivity index (χ4v) is 2.62. The SMILES string of the molecule is COc1nc2c(nc1-c1cccs1)C=CCC2. The summed E-state index contributed by atoms with van der Waals surface area (Å²) in [5, 5.41) is 2.03. The number of thiophene rings is 1. The third kappa shape index (κ3) is 1.85. The average Bonchev–Trinajstić information content (AvgIpc) is 2.91. The van der Waals surface area contributed by atoms with Gasteiger partial charge in [0.1, 0.15) is 5.69 Å². The molecule has 0 atom stereocenters. The van der Waals surface area contributed by atoms with Gasteiger partial charge in [-0.15, -0.1) is 11.3 Å². The number of ether oxygens (including phenoxy) is 1. The first-order valence-corrected chi connectivity index (χ1v) is 6.42. The highest BCUT2D eigenvalue weighted by atomic mass is 32.1. The molecular formula is C13H12N2OS. The van der Waals surface area contributed by atoms with Gasteiger partial charge < -0.3 is 4.74 Å². The van der Waals surface area contributed by atoms with Gasteiger partial charge in [-0.05, 0) is 30.4 Å². The van der Waals surface area contributed by atoms with Gasteiger partial charge in [0.15, 0.2) is 0 Å². The highest BCUT2D eigenvalue weighted by Gasteiger charge is 2.16. The van der Waals surface area contributed by atoms with E-state index in [1.165, 1.54) is 0 Å². The van der Waals surface area contributed by atoms with Gasteiger partial charge in [-0.3, -0.25) is 0 Å².